The van der Waals surface area contributed by atoms with E-state index < -0.39 is 9.84 Å². The van der Waals surface area contributed by atoms with E-state index in [1.165, 1.54) is 24.4 Å². The number of hydrogen-bond acceptors (Lipinski definition) is 7. The average Bonchev–Trinajstić information content (AvgIpc) is 2.65. The Kier molecular flexibility index (Phi) is 10.2. The minimum atomic E-state index is -2.97. The molecule has 1 saturated heterocycles. The van der Waals surface area contributed by atoms with Gasteiger partial charge in [0, 0.05) is 42.1 Å². The largest absolute Gasteiger partial charge is 0.465 e. The number of thioether (sulfide) groups is 1. The molecule has 0 aliphatic carbocycles. The van der Waals surface area contributed by atoms with Gasteiger partial charge in [-0.05, 0) is 18.4 Å². The first kappa shape index (κ1) is 25.3. The number of nitrogens with zero attached hydrogens (tertiary/aromatic N) is 2. The third-order valence-corrected chi connectivity index (χ3v) is 7.84. The molecule has 6 nitrogen and oxygen atoms in total. The summed E-state index contributed by atoms with van der Waals surface area (Å²) in [6.07, 6.45) is 7.75. The van der Waals surface area contributed by atoms with Gasteiger partial charge in [-0.3, -0.25) is 4.79 Å². The van der Waals surface area contributed by atoms with Crippen molar-refractivity contribution in [3.05, 3.63) is 17.3 Å². The van der Waals surface area contributed by atoms with Crippen LogP contribution in [0, 0.1) is 11.8 Å². The minimum absolute atomic E-state index is 0.119. The fourth-order valence-electron chi connectivity index (χ4n) is 3.45. The number of aromatic nitrogens is 1. The van der Waals surface area contributed by atoms with Crippen molar-refractivity contribution >= 4 is 45.0 Å². The highest BCUT2D eigenvalue weighted by Gasteiger charge is 2.32. The number of esters is 1. The van der Waals surface area contributed by atoms with Crippen LogP contribution in [0.3, 0.4) is 0 Å². The monoisotopic (exact) mass is 476 g/mol. The fourth-order valence-corrected chi connectivity index (χ4v) is 5.78. The molecule has 0 radical (unpaired) electrons. The number of sulfone groups is 1. The normalized spacial score (nSPS) is 15.7. The number of unbranched alkanes of at least 4 members (excludes halogenated alkanes) is 1. The number of pyridine rings is 1. The molecule has 0 spiro atoms. The van der Waals surface area contributed by atoms with E-state index in [2.05, 4.69) is 18.8 Å². The van der Waals surface area contributed by atoms with E-state index in [0.29, 0.717) is 48.6 Å². The number of rotatable bonds is 13. The van der Waals surface area contributed by atoms with Gasteiger partial charge < -0.3 is 9.64 Å². The summed E-state index contributed by atoms with van der Waals surface area (Å²) in [7, 11) is -2.97. The second-order valence-electron chi connectivity index (χ2n) is 8.01. The molecule has 1 aromatic rings. The maximum atomic E-state index is 12.1. The lowest BCUT2D eigenvalue weighted by atomic mass is 10.0. The number of carbonyl (C=O) groups excluding carboxylic acids is 1. The maximum absolute atomic E-state index is 12.1. The van der Waals surface area contributed by atoms with E-state index in [1.807, 2.05) is 11.0 Å². The molecule has 170 valence electrons. The van der Waals surface area contributed by atoms with Crippen LogP contribution in [-0.4, -0.2) is 56.8 Å². The number of anilines is 1. The van der Waals surface area contributed by atoms with Crippen molar-refractivity contribution < 1.29 is 17.9 Å². The number of hydrogen-bond donors (Lipinski definition) is 0. The molecule has 30 heavy (non-hydrogen) atoms. The summed E-state index contributed by atoms with van der Waals surface area (Å²) in [5.41, 5.74) is 0. The Morgan fingerprint density at radius 1 is 1.40 bits per heavy atom. The summed E-state index contributed by atoms with van der Waals surface area (Å²) in [5.74, 6) is 1.85. The van der Waals surface area contributed by atoms with Crippen LogP contribution >= 0.6 is 23.4 Å². The van der Waals surface area contributed by atoms with E-state index in [4.69, 9.17) is 16.3 Å². The summed E-state index contributed by atoms with van der Waals surface area (Å²) in [5, 5.41) is 0.555. The molecule has 1 fully saturated rings. The molecular formula is C21H33ClN2O4S2. The van der Waals surface area contributed by atoms with Crippen molar-refractivity contribution in [2.24, 2.45) is 11.8 Å². The standard InChI is InChI=1S/C21H33ClN2O4S2/c1-4-6-7-16(5-2)14-28-19(25)9-11-29-18-8-10-23-21(20(18)22)24-12-17(13-24)15-30(3,26)27/h8,10,16-17H,4-7,9,11-15H2,1-3H3. The highest BCUT2D eigenvalue weighted by molar-refractivity contribution is 7.99. The smallest absolute Gasteiger partial charge is 0.306 e. The van der Waals surface area contributed by atoms with Crippen molar-refractivity contribution in [1.29, 1.82) is 0 Å². The molecule has 1 aliphatic heterocycles. The molecule has 0 saturated carbocycles. The zero-order valence-electron chi connectivity index (χ0n) is 18.1. The molecule has 0 bridgehead atoms. The van der Waals surface area contributed by atoms with Crippen LogP contribution < -0.4 is 4.90 Å². The molecule has 0 N–H and O–H groups in total. The fraction of sp³-hybridized carbons (Fsp3) is 0.714. The van der Waals surface area contributed by atoms with Crippen LogP contribution in [0.5, 0.6) is 0 Å². The molecule has 9 heteroatoms. The summed E-state index contributed by atoms with van der Waals surface area (Å²) >= 11 is 8.03. The van der Waals surface area contributed by atoms with E-state index in [-0.39, 0.29) is 17.6 Å². The molecular weight excluding hydrogens is 444 g/mol. The minimum Gasteiger partial charge on any atom is -0.465 e. The second kappa shape index (κ2) is 12.2. The first-order chi connectivity index (χ1) is 14.2. The summed E-state index contributed by atoms with van der Waals surface area (Å²) in [4.78, 5) is 19.3. The predicted molar refractivity (Wildman–Crippen MR) is 124 cm³/mol. The van der Waals surface area contributed by atoms with Crippen LogP contribution in [0.4, 0.5) is 5.82 Å². The first-order valence-corrected chi connectivity index (χ1v) is 14.0. The van der Waals surface area contributed by atoms with E-state index in [1.54, 1.807) is 6.20 Å². The Morgan fingerprint density at radius 3 is 2.77 bits per heavy atom. The van der Waals surface area contributed by atoms with Crippen LogP contribution in [0.2, 0.25) is 5.02 Å². The Labute approximate surface area is 190 Å². The third kappa shape index (κ3) is 8.27. The van der Waals surface area contributed by atoms with Gasteiger partial charge in [0.1, 0.15) is 15.7 Å². The van der Waals surface area contributed by atoms with Gasteiger partial charge in [0.05, 0.1) is 23.8 Å². The Balaban J connectivity index is 1.77. The van der Waals surface area contributed by atoms with E-state index >= 15 is 0 Å². The Morgan fingerprint density at radius 2 is 2.13 bits per heavy atom. The molecule has 0 aromatic carbocycles. The summed E-state index contributed by atoms with van der Waals surface area (Å²) in [6, 6.07) is 1.84. The van der Waals surface area contributed by atoms with Crippen LogP contribution in [0.15, 0.2) is 17.2 Å². The van der Waals surface area contributed by atoms with Crippen molar-refractivity contribution in [2.75, 3.05) is 42.4 Å². The van der Waals surface area contributed by atoms with Gasteiger partial charge in [-0.25, -0.2) is 13.4 Å². The topological polar surface area (TPSA) is 76.6 Å². The summed E-state index contributed by atoms with van der Waals surface area (Å²) < 4.78 is 28.3. The van der Waals surface area contributed by atoms with Gasteiger partial charge in [-0.1, -0.05) is 44.7 Å². The molecule has 1 aliphatic rings. The second-order valence-corrected chi connectivity index (χ2v) is 11.7. The lowest BCUT2D eigenvalue weighted by Gasteiger charge is -2.40. The average molecular weight is 477 g/mol. The molecule has 1 unspecified atom stereocenters. The zero-order valence-corrected chi connectivity index (χ0v) is 20.5. The van der Waals surface area contributed by atoms with Gasteiger partial charge in [0.25, 0.3) is 0 Å². The Bertz CT molecular complexity index is 798. The highest BCUT2D eigenvalue weighted by atomic mass is 35.5. The maximum Gasteiger partial charge on any atom is 0.306 e. The van der Waals surface area contributed by atoms with Gasteiger partial charge in [0.2, 0.25) is 0 Å². The van der Waals surface area contributed by atoms with Crippen LogP contribution in [0.1, 0.15) is 46.0 Å². The van der Waals surface area contributed by atoms with Crippen molar-refractivity contribution in [3.63, 3.8) is 0 Å². The first-order valence-electron chi connectivity index (χ1n) is 10.6. The SMILES string of the molecule is CCCCC(CC)COC(=O)CCSc1ccnc(N2CC(CS(C)(=O)=O)C2)c1Cl. The number of ether oxygens (including phenoxy) is 1. The number of halogens is 1. The molecule has 0 amide bonds. The zero-order chi connectivity index (χ0) is 22.1. The van der Waals surface area contributed by atoms with Crippen molar-refractivity contribution in [2.45, 2.75) is 50.8 Å². The highest BCUT2D eigenvalue weighted by Crippen LogP contribution is 2.36. The van der Waals surface area contributed by atoms with Gasteiger partial charge in [-0.15, -0.1) is 11.8 Å². The molecule has 2 heterocycles. The van der Waals surface area contributed by atoms with E-state index in [0.717, 1.165) is 24.2 Å². The van der Waals surface area contributed by atoms with Gasteiger partial charge in [0.15, 0.2) is 0 Å². The lowest BCUT2D eigenvalue weighted by Crippen LogP contribution is -2.50. The molecule has 1 atom stereocenters. The predicted octanol–water partition coefficient (Wildman–Crippen LogP) is 4.46. The van der Waals surface area contributed by atoms with Gasteiger partial charge >= 0.3 is 5.97 Å². The van der Waals surface area contributed by atoms with E-state index in [9.17, 15) is 13.2 Å². The Hall–Kier alpha value is -0.990. The van der Waals surface area contributed by atoms with Crippen LogP contribution in [-0.2, 0) is 19.4 Å². The third-order valence-electron chi connectivity index (χ3n) is 5.22. The molecule has 1 aromatic heterocycles. The summed E-state index contributed by atoms with van der Waals surface area (Å²) in [6.45, 7) is 6.08. The molecule has 2 rings (SSSR count). The van der Waals surface area contributed by atoms with Crippen molar-refractivity contribution in [1.82, 2.24) is 4.98 Å². The quantitative estimate of drug-likeness (QED) is 0.307. The lowest BCUT2D eigenvalue weighted by molar-refractivity contribution is -0.144. The van der Waals surface area contributed by atoms with Gasteiger partial charge in [-0.2, -0.15) is 0 Å². The van der Waals surface area contributed by atoms with Crippen LogP contribution in [0.25, 0.3) is 0 Å². The number of carbonyl (C=O) groups is 1. The van der Waals surface area contributed by atoms with Crippen molar-refractivity contribution in [3.8, 4) is 0 Å².